The van der Waals surface area contributed by atoms with E-state index in [1.807, 2.05) is 0 Å². The standard InChI is InChI=1S/C11H23N/c1-4-7-8-9-10-11-12(5-2)6-3/h10-11H,4-9H2,1-3H3. The molecule has 0 aliphatic carbocycles. The van der Waals surface area contributed by atoms with E-state index >= 15 is 0 Å². The third-order valence-electron chi connectivity index (χ3n) is 2.10. The maximum absolute atomic E-state index is 2.33. The Labute approximate surface area is 77.5 Å². The van der Waals surface area contributed by atoms with Crippen molar-refractivity contribution in [2.45, 2.75) is 46.5 Å². The fourth-order valence-electron chi connectivity index (χ4n) is 1.17. The van der Waals surface area contributed by atoms with Gasteiger partial charge in [0.15, 0.2) is 0 Å². The maximum atomic E-state index is 2.33. The highest BCUT2D eigenvalue weighted by molar-refractivity contribution is 4.81. The van der Waals surface area contributed by atoms with Crippen LogP contribution in [0.2, 0.25) is 0 Å². The molecule has 0 bridgehead atoms. The summed E-state index contributed by atoms with van der Waals surface area (Å²) in [5.74, 6) is 0. The van der Waals surface area contributed by atoms with Crippen LogP contribution in [0.15, 0.2) is 12.3 Å². The predicted molar refractivity (Wildman–Crippen MR) is 56.2 cm³/mol. The molecule has 0 saturated carbocycles. The van der Waals surface area contributed by atoms with Gasteiger partial charge in [-0.3, -0.25) is 0 Å². The summed E-state index contributed by atoms with van der Waals surface area (Å²) in [6, 6.07) is 0. The summed E-state index contributed by atoms with van der Waals surface area (Å²) in [5, 5.41) is 0. The van der Waals surface area contributed by atoms with E-state index in [0.717, 1.165) is 13.1 Å². The molecular weight excluding hydrogens is 146 g/mol. The van der Waals surface area contributed by atoms with Crippen molar-refractivity contribution in [2.75, 3.05) is 13.1 Å². The van der Waals surface area contributed by atoms with E-state index in [4.69, 9.17) is 0 Å². The smallest absolute Gasteiger partial charge is 0.0143 e. The Balaban J connectivity index is 3.32. The first-order valence-corrected chi connectivity index (χ1v) is 5.25. The third-order valence-corrected chi connectivity index (χ3v) is 2.10. The highest BCUT2D eigenvalue weighted by Gasteiger charge is 1.88. The lowest BCUT2D eigenvalue weighted by molar-refractivity contribution is 0.417. The van der Waals surface area contributed by atoms with Crippen LogP contribution in [-0.4, -0.2) is 18.0 Å². The molecule has 0 N–H and O–H groups in total. The second-order valence-electron chi connectivity index (χ2n) is 3.10. The van der Waals surface area contributed by atoms with Gasteiger partial charge in [-0.2, -0.15) is 0 Å². The molecule has 0 radical (unpaired) electrons. The van der Waals surface area contributed by atoms with Gasteiger partial charge in [-0.25, -0.2) is 0 Å². The minimum atomic E-state index is 1.13. The van der Waals surface area contributed by atoms with Crippen LogP contribution in [0.25, 0.3) is 0 Å². The number of hydrogen-bond acceptors (Lipinski definition) is 1. The topological polar surface area (TPSA) is 3.24 Å². The predicted octanol–water partition coefficient (Wildman–Crippen LogP) is 3.42. The fraction of sp³-hybridized carbons (Fsp3) is 0.818. The van der Waals surface area contributed by atoms with E-state index in [-0.39, 0.29) is 0 Å². The summed E-state index contributed by atoms with van der Waals surface area (Å²) >= 11 is 0. The fourth-order valence-corrected chi connectivity index (χ4v) is 1.17. The van der Waals surface area contributed by atoms with Crippen molar-refractivity contribution < 1.29 is 0 Å². The van der Waals surface area contributed by atoms with E-state index in [9.17, 15) is 0 Å². The molecule has 0 fully saturated rings. The highest BCUT2D eigenvalue weighted by Crippen LogP contribution is 2.00. The van der Waals surface area contributed by atoms with Crippen molar-refractivity contribution in [1.29, 1.82) is 0 Å². The largest absolute Gasteiger partial charge is 0.378 e. The van der Waals surface area contributed by atoms with Crippen LogP contribution in [0.3, 0.4) is 0 Å². The number of hydrogen-bond donors (Lipinski definition) is 0. The molecule has 0 aliphatic heterocycles. The van der Waals surface area contributed by atoms with E-state index in [0.29, 0.717) is 0 Å². The Morgan fingerprint density at radius 3 is 2.17 bits per heavy atom. The minimum absolute atomic E-state index is 1.13. The van der Waals surface area contributed by atoms with Crippen LogP contribution >= 0.6 is 0 Å². The molecule has 0 aromatic heterocycles. The van der Waals surface area contributed by atoms with Crippen LogP contribution in [0.4, 0.5) is 0 Å². The lowest BCUT2D eigenvalue weighted by Gasteiger charge is -2.14. The summed E-state index contributed by atoms with van der Waals surface area (Å²) in [5.41, 5.74) is 0. The van der Waals surface area contributed by atoms with Crippen molar-refractivity contribution in [2.24, 2.45) is 0 Å². The van der Waals surface area contributed by atoms with Gasteiger partial charge >= 0.3 is 0 Å². The summed E-state index contributed by atoms with van der Waals surface area (Å²) in [4.78, 5) is 2.33. The number of nitrogens with zero attached hydrogens (tertiary/aromatic N) is 1. The number of unbranched alkanes of at least 4 members (excludes halogenated alkanes) is 3. The molecule has 0 spiro atoms. The molecule has 0 amide bonds. The first kappa shape index (κ1) is 11.5. The van der Waals surface area contributed by atoms with Crippen LogP contribution in [0.1, 0.15) is 46.5 Å². The molecule has 0 unspecified atom stereocenters. The molecular formula is C11H23N. The maximum Gasteiger partial charge on any atom is 0.0143 e. The lowest BCUT2D eigenvalue weighted by Crippen LogP contribution is -2.14. The Bertz CT molecular complexity index is 104. The Hall–Kier alpha value is -0.460. The summed E-state index contributed by atoms with van der Waals surface area (Å²) in [6.45, 7) is 8.88. The second kappa shape index (κ2) is 8.63. The number of allylic oxidation sites excluding steroid dienone is 1. The number of rotatable bonds is 7. The van der Waals surface area contributed by atoms with Gasteiger partial charge in [-0.1, -0.05) is 25.8 Å². The molecule has 0 aromatic rings. The summed E-state index contributed by atoms with van der Waals surface area (Å²) < 4.78 is 0. The Morgan fingerprint density at radius 1 is 1.00 bits per heavy atom. The van der Waals surface area contributed by atoms with Gasteiger partial charge in [0.05, 0.1) is 0 Å². The zero-order chi connectivity index (χ0) is 9.23. The molecule has 1 heteroatoms. The lowest BCUT2D eigenvalue weighted by atomic mass is 10.2. The Kier molecular flexibility index (Phi) is 8.30. The monoisotopic (exact) mass is 169 g/mol. The van der Waals surface area contributed by atoms with Crippen LogP contribution < -0.4 is 0 Å². The zero-order valence-electron chi connectivity index (χ0n) is 8.84. The van der Waals surface area contributed by atoms with Gasteiger partial charge in [0.1, 0.15) is 0 Å². The molecule has 0 saturated heterocycles. The van der Waals surface area contributed by atoms with Gasteiger partial charge in [0.2, 0.25) is 0 Å². The van der Waals surface area contributed by atoms with E-state index in [2.05, 4.69) is 37.9 Å². The molecule has 12 heavy (non-hydrogen) atoms. The molecule has 0 aromatic carbocycles. The molecule has 1 nitrogen and oxygen atoms in total. The normalized spacial score (nSPS) is 10.9. The minimum Gasteiger partial charge on any atom is -0.378 e. The first-order chi connectivity index (χ1) is 5.85. The van der Waals surface area contributed by atoms with Crippen molar-refractivity contribution in [1.82, 2.24) is 4.90 Å². The second-order valence-corrected chi connectivity index (χ2v) is 3.10. The first-order valence-electron chi connectivity index (χ1n) is 5.25. The third kappa shape index (κ3) is 6.26. The zero-order valence-corrected chi connectivity index (χ0v) is 8.84. The van der Waals surface area contributed by atoms with Gasteiger partial charge < -0.3 is 4.90 Å². The van der Waals surface area contributed by atoms with Gasteiger partial charge in [0, 0.05) is 13.1 Å². The Morgan fingerprint density at radius 2 is 1.67 bits per heavy atom. The van der Waals surface area contributed by atoms with Gasteiger partial charge in [0.25, 0.3) is 0 Å². The van der Waals surface area contributed by atoms with E-state index in [1.54, 1.807) is 0 Å². The summed E-state index contributed by atoms with van der Waals surface area (Å²) in [7, 11) is 0. The van der Waals surface area contributed by atoms with E-state index in [1.165, 1.54) is 25.7 Å². The molecule has 0 atom stereocenters. The van der Waals surface area contributed by atoms with Crippen LogP contribution in [0, 0.1) is 0 Å². The van der Waals surface area contributed by atoms with E-state index < -0.39 is 0 Å². The average molecular weight is 169 g/mol. The van der Waals surface area contributed by atoms with Crippen LogP contribution in [-0.2, 0) is 0 Å². The highest BCUT2D eigenvalue weighted by atomic mass is 15.1. The molecule has 0 heterocycles. The molecule has 0 rings (SSSR count). The van der Waals surface area contributed by atoms with Crippen molar-refractivity contribution >= 4 is 0 Å². The van der Waals surface area contributed by atoms with Gasteiger partial charge in [-0.15, -0.1) is 0 Å². The summed E-state index contributed by atoms with van der Waals surface area (Å²) in [6.07, 6.45) is 9.79. The average Bonchev–Trinajstić information content (AvgIpc) is 2.11. The molecule has 72 valence electrons. The van der Waals surface area contributed by atoms with Gasteiger partial charge in [-0.05, 0) is 32.9 Å². The molecule has 0 aliphatic rings. The van der Waals surface area contributed by atoms with Crippen molar-refractivity contribution in [3.63, 3.8) is 0 Å². The SMILES string of the molecule is CCCCCC=CN(CC)CC. The van der Waals surface area contributed by atoms with Crippen LogP contribution in [0.5, 0.6) is 0 Å². The quantitative estimate of drug-likeness (QED) is 0.528. The van der Waals surface area contributed by atoms with Crippen molar-refractivity contribution in [3.8, 4) is 0 Å². The van der Waals surface area contributed by atoms with Crippen molar-refractivity contribution in [3.05, 3.63) is 12.3 Å².